The van der Waals surface area contributed by atoms with Crippen LogP contribution >= 0.6 is 22.6 Å². The summed E-state index contributed by atoms with van der Waals surface area (Å²) in [6, 6.07) is 24.0. The van der Waals surface area contributed by atoms with Gasteiger partial charge in [-0.15, -0.1) is 0 Å². The molecule has 156 valence electrons. The quantitative estimate of drug-likeness (QED) is 0.240. The van der Waals surface area contributed by atoms with E-state index in [-0.39, 0.29) is 16.1 Å². The molecule has 0 radical (unpaired) electrons. The first-order valence-electron chi connectivity index (χ1n) is 10.3. The number of aliphatic carboxylic acids is 1. The summed E-state index contributed by atoms with van der Waals surface area (Å²) in [7, 11) is 0. The van der Waals surface area contributed by atoms with Crippen molar-refractivity contribution in [2.24, 2.45) is 0 Å². The molecular formula is C27H23IO3. The molecule has 3 aromatic carbocycles. The molecule has 0 aromatic heterocycles. The van der Waals surface area contributed by atoms with E-state index < -0.39 is 5.97 Å². The first-order valence-corrected chi connectivity index (χ1v) is 11.5. The predicted octanol–water partition coefficient (Wildman–Crippen LogP) is 6.16. The summed E-state index contributed by atoms with van der Waals surface area (Å²) >= 11 is 2.37. The summed E-state index contributed by atoms with van der Waals surface area (Å²) in [6.07, 6.45) is 2.10. The second-order valence-electron chi connectivity index (χ2n) is 7.89. The van der Waals surface area contributed by atoms with E-state index in [2.05, 4.69) is 71.7 Å². The SMILES string of the molecule is Cc1cc(C#Cc2ccc(CC(=O)O)cc2)ccc1C1(OC(I)c2ccccc2)CC1. The molecule has 1 saturated carbocycles. The van der Waals surface area contributed by atoms with Gasteiger partial charge in [-0.2, -0.15) is 0 Å². The van der Waals surface area contributed by atoms with Crippen molar-refractivity contribution in [3.8, 4) is 11.8 Å². The summed E-state index contributed by atoms with van der Waals surface area (Å²) in [5, 5.41) is 8.87. The van der Waals surface area contributed by atoms with Crippen LogP contribution in [0, 0.1) is 18.8 Å². The van der Waals surface area contributed by atoms with Crippen LogP contribution in [0.25, 0.3) is 0 Å². The van der Waals surface area contributed by atoms with Crippen LogP contribution in [0.2, 0.25) is 0 Å². The molecule has 3 aromatic rings. The van der Waals surface area contributed by atoms with Gasteiger partial charge in [-0.05, 0) is 88.9 Å². The fourth-order valence-electron chi connectivity index (χ4n) is 3.71. The third kappa shape index (κ3) is 5.36. The Hall–Kier alpha value is -2.62. The fourth-order valence-corrected chi connectivity index (χ4v) is 4.61. The van der Waals surface area contributed by atoms with Crippen LogP contribution in [0.1, 0.15) is 50.3 Å². The molecule has 0 heterocycles. The van der Waals surface area contributed by atoms with Crippen molar-refractivity contribution in [1.29, 1.82) is 0 Å². The summed E-state index contributed by atoms with van der Waals surface area (Å²) in [4.78, 5) is 10.8. The minimum Gasteiger partial charge on any atom is -0.481 e. The predicted molar refractivity (Wildman–Crippen MR) is 130 cm³/mol. The summed E-state index contributed by atoms with van der Waals surface area (Å²) in [6.45, 7) is 2.12. The van der Waals surface area contributed by atoms with Crippen molar-refractivity contribution >= 4 is 28.6 Å². The second kappa shape index (κ2) is 9.25. The van der Waals surface area contributed by atoms with Crippen LogP contribution in [0.5, 0.6) is 0 Å². The Morgan fingerprint density at radius 1 is 1.03 bits per heavy atom. The number of benzene rings is 3. The molecule has 1 unspecified atom stereocenters. The monoisotopic (exact) mass is 522 g/mol. The van der Waals surface area contributed by atoms with Crippen molar-refractivity contribution in [1.82, 2.24) is 0 Å². The molecule has 4 heteroatoms. The molecule has 0 amide bonds. The van der Waals surface area contributed by atoms with Gasteiger partial charge in [0.2, 0.25) is 0 Å². The molecule has 1 atom stereocenters. The van der Waals surface area contributed by atoms with E-state index in [1.807, 2.05) is 42.5 Å². The average molecular weight is 522 g/mol. The maximum Gasteiger partial charge on any atom is 0.307 e. The molecule has 0 bridgehead atoms. The van der Waals surface area contributed by atoms with Gasteiger partial charge >= 0.3 is 5.97 Å². The lowest BCUT2D eigenvalue weighted by atomic mass is 9.99. The van der Waals surface area contributed by atoms with Gasteiger partial charge in [-0.25, -0.2) is 0 Å². The van der Waals surface area contributed by atoms with E-state index in [9.17, 15) is 4.79 Å². The van der Waals surface area contributed by atoms with E-state index in [0.717, 1.165) is 29.5 Å². The Morgan fingerprint density at radius 3 is 2.29 bits per heavy atom. The maximum absolute atomic E-state index is 10.8. The smallest absolute Gasteiger partial charge is 0.307 e. The molecule has 3 nitrogen and oxygen atoms in total. The standard InChI is InChI=1S/C27H23IO3/c1-19-17-21(10-7-20-8-11-22(12-9-20)18-25(29)30)13-14-24(19)27(15-16-27)31-26(28)23-5-3-2-4-6-23/h2-6,8-9,11-14,17,26H,15-16,18H2,1H3,(H,29,30). The highest BCUT2D eigenvalue weighted by atomic mass is 127. The van der Waals surface area contributed by atoms with E-state index >= 15 is 0 Å². The Balaban J connectivity index is 1.47. The van der Waals surface area contributed by atoms with Crippen molar-refractivity contribution < 1.29 is 14.6 Å². The minimum atomic E-state index is -0.829. The fraction of sp³-hybridized carbons (Fsp3) is 0.222. The highest BCUT2D eigenvalue weighted by Crippen LogP contribution is 2.53. The van der Waals surface area contributed by atoms with E-state index in [1.165, 1.54) is 16.7 Å². The second-order valence-corrected chi connectivity index (χ2v) is 9.02. The van der Waals surface area contributed by atoms with E-state index in [1.54, 1.807) is 0 Å². The summed E-state index contributed by atoms with van der Waals surface area (Å²) in [5.74, 6) is 5.56. The van der Waals surface area contributed by atoms with Gasteiger partial charge in [-0.3, -0.25) is 4.79 Å². The third-order valence-corrected chi connectivity index (χ3v) is 6.45. The minimum absolute atomic E-state index is 0.0178. The molecule has 1 N–H and O–H groups in total. The Morgan fingerprint density at radius 2 is 1.68 bits per heavy atom. The van der Waals surface area contributed by atoms with Gasteiger partial charge < -0.3 is 9.84 Å². The van der Waals surface area contributed by atoms with E-state index in [4.69, 9.17) is 9.84 Å². The van der Waals surface area contributed by atoms with Crippen LogP contribution in [0.4, 0.5) is 0 Å². The molecule has 1 aliphatic carbocycles. The molecule has 31 heavy (non-hydrogen) atoms. The van der Waals surface area contributed by atoms with Crippen LogP contribution in [0.15, 0.2) is 72.8 Å². The molecule has 1 aliphatic rings. The maximum atomic E-state index is 10.8. The summed E-state index contributed by atoms with van der Waals surface area (Å²) < 4.78 is 6.54. The number of alkyl halides is 1. The number of hydrogen-bond donors (Lipinski definition) is 1. The topological polar surface area (TPSA) is 46.5 Å². The lowest BCUT2D eigenvalue weighted by molar-refractivity contribution is -0.136. The van der Waals surface area contributed by atoms with Crippen LogP contribution in [-0.4, -0.2) is 11.1 Å². The van der Waals surface area contributed by atoms with Gasteiger partial charge in [0.05, 0.1) is 12.0 Å². The van der Waals surface area contributed by atoms with Gasteiger partial charge in [0.15, 0.2) is 0 Å². The average Bonchev–Trinajstić information content (AvgIpc) is 3.53. The first kappa shape index (κ1) is 21.6. The number of carboxylic acids is 1. The zero-order chi connectivity index (χ0) is 21.8. The number of halogens is 1. The molecule has 0 saturated heterocycles. The third-order valence-electron chi connectivity index (χ3n) is 5.47. The van der Waals surface area contributed by atoms with Gasteiger partial charge in [-0.1, -0.05) is 60.4 Å². The molecular weight excluding hydrogens is 499 g/mol. The Labute approximate surface area is 196 Å². The number of carbonyl (C=O) groups is 1. The van der Waals surface area contributed by atoms with Crippen molar-refractivity contribution in [2.75, 3.05) is 0 Å². The van der Waals surface area contributed by atoms with E-state index in [0.29, 0.717) is 0 Å². The molecule has 4 rings (SSSR count). The highest BCUT2D eigenvalue weighted by Gasteiger charge is 2.48. The van der Waals surface area contributed by atoms with Gasteiger partial charge in [0.1, 0.15) is 4.11 Å². The lowest BCUT2D eigenvalue weighted by Crippen LogP contribution is -2.15. The normalized spacial score (nSPS) is 14.9. The van der Waals surface area contributed by atoms with Crippen LogP contribution < -0.4 is 0 Å². The van der Waals surface area contributed by atoms with Crippen molar-refractivity contribution in [3.63, 3.8) is 0 Å². The largest absolute Gasteiger partial charge is 0.481 e. The van der Waals surface area contributed by atoms with Crippen LogP contribution in [-0.2, 0) is 21.6 Å². The van der Waals surface area contributed by atoms with Gasteiger partial charge in [0, 0.05) is 11.1 Å². The Bertz CT molecular complexity index is 1140. The lowest BCUT2D eigenvalue weighted by Gasteiger charge is -2.23. The number of carboxylic acid groups (broad SMARTS) is 1. The molecule has 0 aliphatic heterocycles. The molecule has 0 spiro atoms. The first-order chi connectivity index (χ1) is 14.9. The van der Waals surface area contributed by atoms with Crippen molar-refractivity contribution in [2.45, 2.75) is 35.9 Å². The zero-order valence-electron chi connectivity index (χ0n) is 17.3. The van der Waals surface area contributed by atoms with Gasteiger partial charge in [0.25, 0.3) is 0 Å². The Kier molecular flexibility index (Phi) is 6.45. The zero-order valence-corrected chi connectivity index (χ0v) is 19.4. The number of hydrogen-bond acceptors (Lipinski definition) is 2. The number of ether oxygens (including phenoxy) is 1. The summed E-state index contributed by atoms with van der Waals surface area (Å²) in [5.41, 5.74) is 6.03. The highest BCUT2D eigenvalue weighted by molar-refractivity contribution is 14.1. The van der Waals surface area contributed by atoms with Crippen LogP contribution in [0.3, 0.4) is 0 Å². The van der Waals surface area contributed by atoms with Crippen molar-refractivity contribution in [3.05, 3.63) is 106 Å². The molecule has 1 fully saturated rings. The number of rotatable bonds is 6. The number of aryl methyl sites for hydroxylation is 1.